The van der Waals surface area contributed by atoms with E-state index in [0.717, 1.165) is 33.0 Å². The number of rotatable bonds is 3. The molecule has 0 spiro atoms. The third-order valence-corrected chi connectivity index (χ3v) is 5.63. The number of fused-ring (bicyclic) bond motifs is 2. The van der Waals surface area contributed by atoms with Crippen LogP contribution >= 0.6 is 11.3 Å². The largest absolute Gasteiger partial charge is 0.374 e. The van der Waals surface area contributed by atoms with E-state index in [1.165, 1.54) is 5.56 Å². The van der Waals surface area contributed by atoms with E-state index < -0.39 is 0 Å². The second kappa shape index (κ2) is 6.15. The van der Waals surface area contributed by atoms with Crippen molar-refractivity contribution in [2.24, 2.45) is 0 Å². The van der Waals surface area contributed by atoms with Gasteiger partial charge in [-0.3, -0.25) is 4.79 Å². The number of aryl methyl sites for hydroxylation is 1. The van der Waals surface area contributed by atoms with Gasteiger partial charge < -0.3 is 10.2 Å². The highest BCUT2D eigenvalue weighted by Gasteiger charge is 2.32. The van der Waals surface area contributed by atoms with Gasteiger partial charge in [0.25, 0.3) is 0 Å². The molecule has 1 aliphatic rings. The van der Waals surface area contributed by atoms with Crippen LogP contribution in [0.15, 0.2) is 42.5 Å². The van der Waals surface area contributed by atoms with E-state index in [-0.39, 0.29) is 18.0 Å². The molecule has 3 aromatic rings. The molecule has 1 aromatic heterocycles. The molecule has 0 saturated heterocycles. The molecule has 1 N–H and O–H groups in total. The zero-order valence-corrected chi connectivity index (χ0v) is 15.4. The van der Waals surface area contributed by atoms with Crippen LogP contribution in [0, 0.1) is 6.92 Å². The lowest BCUT2D eigenvalue weighted by Gasteiger charge is -2.27. The topological polar surface area (TPSA) is 45.2 Å². The van der Waals surface area contributed by atoms with E-state index in [2.05, 4.69) is 29.4 Å². The van der Waals surface area contributed by atoms with Gasteiger partial charge in [0.05, 0.1) is 15.2 Å². The van der Waals surface area contributed by atoms with Crippen molar-refractivity contribution in [1.29, 1.82) is 0 Å². The summed E-state index contributed by atoms with van der Waals surface area (Å²) in [6, 6.07) is 14.2. The molecule has 0 fully saturated rings. The number of benzene rings is 2. The minimum atomic E-state index is -0.292. The van der Waals surface area contributed by atoms with Crippen LogP contribution in [0.25, 0.3) is 10.2 Å². The first-order chi connectivity index (χ1) is 12.0. The maximum Gasteiger partial charge on any atom is 0.249 e. The summed E-state index contributed by atoms with van der Waals surface area (Å²) in [5.41, 5.74) is 4.26. The first-order valence-corrected chi connectivity index (χ1v) is 9.39. The predicted molar refractivity (Wildman–Crippen MR) is 105 cm³/mol. The van der Waals surface area contributed by atoms with Crippen molar-refractivity contribution < 1.29 is 4.79 Å². The van der Waals surface area contributed by atoms with Crippen molar-refractivity contribution in [2.45, 2.75) is 39.3 Å². The lowest BCUT2D eigenvalue weighted by molar-refractivity contribution is -0.119. The average molecular weight is 351 g/mol. The smallest absolute Gasteiger partial charge is 0.249 e. The van der Waals surface area contributed by atoms with Crippen LogP contribution in [0.5, 0.6) is 0 Å². The molecule has 1 amide bonds. The Hall–Kier alpha value is -2.40. The molecule has 4 rings (SSSR count). The highest BCUT2D eigenvalue weighted by atomic mass is 32.1. The van der Waals surface area contributed by atoms with E-state index >= 15 is 0 Å². The Morgan fingerprint density at radius 2 is 2.12 bits per heavy atom. The van der Waals surface area contributed by atoms with E-state index in [1.54, 1.807) is 11.3 Å². The van der Waals surface area contributed by atoms with Crippen molar-refractivity contribution in [3.8, 4) is 0 Å². The Kier molecular flexibility index (Phi) is 3.96. The molecule has 0 radical (unpaired) electrons. The van der Waals surface area contributed by atoms with Crippen LogP contribution in [0.2, 0.25) is 0 Å². The molecule has 0 aliphatic carbocycles. The number of thiazole rings is 1. The number of hydrogen-bond donors (Lipinski definition) is 1. The monoisotopic (exact) mass is 351 g/mol. The van der Waals surface area contributed by atoms with Gasteiger partial charge in [0.2, 0.25) is 5.91 Å². The first-order valence-electron chi connectivity index (χ1n) is 8.57. The Balaban J connectivity index is 1.55. The minimum Gasteiger partial charge on any atom is -0.374 e. The predicted octanol–water partition coefficient (Wildman–Crippen LogP) is 4.38. The van der Waals surface area contributed by atoms with Crippen LogP contribution in [0.4, 0.5) is 11.4 Å². The number of carbonyl (C=O) groups is 1. The summed E-state index contributed by atoms with van der Waals surface area (Å²) in [5.74, 6) is 0.109. The van der Waals surface area contributed by atoms with Gasteiger partial charge in [0.1, 0.15) is 6.04 Å². The fourth-order valence-corrected chi connectivity index (χ4v) is 4.42. The Bertz CT molecular complexity index is 949. The van der Waals surface area contributed by atoms with Crippen LogP contribution in [-0.4, -0.2) is 23.0 Å². The summed E-state index contributed by atoms with van der Waals surface area (Å²) < 4.78 is 1.14. The van der Waals surface area contributed by atoms with Gasteiger partial charge in [-0.05, 0) is 57.0 Å². The lowest BCUT2D eigenvalue weighted by Crippen LogP contribution is -2.44. The fraction of sp³-hybridized carbons (Fsp3) is 0.300. The standard InChI is InChI=1S/C20H21N3OS/c1-12-10-15-6-4-5-7-18(15)23(12)20(24)13(2)21-16-8-9-17-19(11-16)25-14(3)22-17/h4-9,11-13,21H,10H2,1-3H3/t12-,13+/m0/s1. The molecule has 5 heteroatoms. The second-order valence-electron chi connectivity index (χ2n) is 6.67. The molecule has 1 aliphatic heterocycles. The number of anilines is 2. The van der Waals surface area contributed by atoms with Crippen molar-refractivity contribution >= 4 is 38.8 Å². The van der Waals surface area contributed by atoms with Gasteiger partial charge in [-0.1, -0.05) is 18.2 Å². The summed E-state index contributed by atoms with van der Waals surface area (Å²) in [6.45, 7) is 6.05. The highest BCUT2D eigenvalue weighted by molar-refractivity contribution is 7.18. The number of amides is 1. The maximum atomic E-state index is 13.0. The normalized spacial score (nSPS) is 17.6. The number of aromatic nitrogens is 1. The van der Waals surface area contributed by atoms with Crippen LogP contribution in [0.1, 0.15) is 24.4 Å². The van der Waals surface area contributed by atoms with Crippen LogP contribution < -0.4 is 10.2 Å². The zero-order valence-electron chi connectivity index (χ0n) is 14.6. The van der Waals surface area contributed by atoms with Crippen molar-refractivity contribution in [2.75, 3.05) is 10.2 Å². The highest BCUT2D eigenvalue weighted by Crippen LogP contribution is 2.32. The summed E-state index contributed by atoms with van der Waals surface area (Å²) in [5, 5.41) is 4.41. The molecular formula is C20H21N3OS. The summed E-state index contributed by atoms with van der Waals surface area (Å²) in [6.07, 6.45) is 0.917. The molecule has 0 saturated carbocycles. The maximum absolute atomic E-state index is 13.0. The van der Waals surface area contributed by atoms with Gasteiger partial charge in [-0.15, -0.1) is 11.3 Å². The molecular weight excluding hydrogens is 330 g/mol. The third-order valence-electron chi connectivity index (χ3n) is 4.69. The Morgan fingerprint density at radius 1 is 1.32 bits per heavy atom. The summed E-state index contributed by atoms with van der Waals surface area (Å²) in [7, 11) is 0. The molecule has 2 aromatic carbocycles. The van der Waals surface area contributed by atoms with Crippen molar-refractivity contribution in [3.63, 3.8) is 0 Å². The zero-order chi connectivity index (χ0) is 17.6. The van der Waals surface area contributed by atoms with E-state index in [9.17, 15) is 4.79 Å². The number of nitrogens with zero attached hydrogens (tertiary/aromatic N) is 2. The average Bonchev–Trinajstić information content (AvgIpc) is 3.11. The molecule has 0 bridgehead atoms. The summed E-state index contributed by atoms with van der Waals surface area (Å²) >= 11 is 1.67. The van der Waals surface area contributed by atoms with E-state index in [0.29, 0.717) is 0 Å². The number of carbonyl (C=O) groups excluding carboxylic acids is 1. The van der Waals surface area contributed by atoms with Gasteiger partial charge >= 0.3 is 0 Å². The van der Waals surface area contributed by atoms with Gasteiger partial charge in [0.15, 0.2) is 0 Å². The molecule has 4 nitrogen and oxygen atoms in total. The Morgan fingerprint density at radius 3 is 2.96 bits per heavy atom. The Labute approximate surface area is 151 Å². The van der Waals surface area contributed by atoms with E-state index in [4.69, 9.17) is 0 Å². The molecule has 0 unspecified atom stereocenters. The number of para-hydroxylation sites is 1. The molecule has 2 atom stereocenters. The lowest BCUT2D eigenvalue weighted by atomic mass is 10.1. The first kappa shape index (κ1) is 16.1. The molecule has 25 heavy (non-hydrogen) atoms. The van der Waals surface area contributed by atoms with Crippen molar-refractivity contribution in [3.05, 3.63) is 53.0 Å². The molecule has 128 valence electrons. The number of hydrogen-bond acceptors (Lipinski definition) is 4. The molecule has 2 heterocycles. The second-order valence-corrected chi connectivity index (χ2v) is 7.91. The quantitative estimate of drug-likeness (QED) is 0.761. The van der Waals surface area contributed by atoms with Crippen LogP contribution in [0.3, 0.4) is 0 Å². The van der Waals surface area contributed by atoms with Gasteiger partial charge in [0, 0.05) is 17.4 Å². The van der Waals surface area contributed by atoms with Crippen LogP contribution in [-0.2, 0) is 11.2 Å². The minimum absolute atomic E-state index is 0.109. The summed E-state index contributed by atoms with van der Waals surface area (Å²) in [4.78, 5) is 19.5. The van der Waals surface area contributed by atoms with Gasteiger partial charge in [-0.2, -0.15) is 0 Å². The van der Waals surface area contributed by atoms with Gasteiger partial charge in [-0.25, -0.2) is 4.98 Å². The SMILES string of the molecule is Cc1nc2ccc(N[C@H](C)C(=O)N3c4ccccc4C[C@@H]3C)cc2s1. The third kappa shape index (κ3) is 2.89. The van der Waals surface area contributed by atoms with Crippen molar-refractivity contribution in [1.82, 2.24) is 4.98 Å². The van der Waals surface area contributed by atoms with E-state index in [1.807, 2.05) is 49.1 Å². The number of nitrogens with one attached hydrogen (secondary N) is 1. The fourth-order valence-electron chi connectivity index (χ4n) is 3.55.